The third kappa shape index (κ3) is 1.03. The third-order valence-corrected chi connectivity index (χ3v) is 1.33. The number of aromatic amines is 3. The highest BCUT2D eigenvalue weighted by Crippen LogP contribution is 1.92. The highest BCUT2D eigenvalue weighted by atomic mass is 16.2. The van der Waals surface area contributed by atoms with E-state index < -0.39 is 11.2 Å². The van der Waals surface area contributed by atoms with Crippen LogP contribution in [0.5, 0.6) is 0 Å². The highest BCUT2D eigenvalue weighted by molar-refractivity contribution is 5.67. The van der Waals surface area contributed by atoms with Gasteiger partial charge in [0.1, 0.15) is 5.52 Å². The van der Waals surface area contributed by atoms with Crippen LogP contribution < -0.4 is 11.2 Å². The average molecular weight is 168 g/mol. The Balaban J connectivity index is 0.000000720. The van der Waals surface area contributed by atoms with Crippen molar-refractivity contribution < 1.29 is 0 Å². The molecular weight excluding hydrogens is 160 g/mol. The van der Waals surface area contributed by atoms with Crippen molar-refractivity contribution in [2.75, 3.05) is 0 Å². The van der Waals surface area contributed by atoms with E-state index in [1.165, 1.54) is 6.33 Å². The maximum atomic E-state index is 10.9. The Morgan fingerprint density at radius 3 is 2.75 bits per heavy atom. The smallest absolute Gasteiger partial charge is 0.327 e. The van der Waals surface area contributed by atoms with Gasteiger partial charge in [-0.25, -0.2) is 9.78 Å². The number of fused-ring (bicyclic) bond motifs is 1. The van der Waals surface area contributed by atoms with Crippen molar-refractivity contribution in [3.05, 3.63) is 27.2 Å². The highest BCUT2D eigenvalue weighted by Gasteiger charge is 1.99. The molecule has 3 N–H and O–H groups in total. The molecule has 0 aliphatic rings. The molecule has 2 aromatic rings. The molecule has 0 spiro atoms. The van der Waals surface area contributed by atoms with E-state index in [1.807, 2.05) is 0 Å². The number of hydrogen-bond donors (Lipinski definition) is 3. The Kier molecular flexibility index (Phi) is 1.82. The van der Waals surface area contributed by atoms with Gasteiger partial charge in [0.2, 0.25) is 0 Å². The second kappa shape index (κ2) is 2.65. The van der Waals surface area contributed by atoms with Gasteiger partial charge in [0.05, 0.1) is 6.33 Å². The fourth-order valence-corrected chi connectivity index (χ4v) is 0.867. The average Bonchev–Trinajstić information content (AvgIpc) is 2.34. The van der Waals surface area contributed by atoms with E-state index >= 15 is 0 Å². The zero-order chi connectivity index (χ0) is 7.84. The Morgan fingerprint density at radius 2 is 2.00 bits per heavy atom. The lowest BCUT2D eigenvalue weighted by molar-refractivity contribution is 1.07. The van der Waals surface area contributed by atoms with Crippen LogP contribution in [-0.4, -0.2) is 19.9 Å². The summed E-state index contributed by atoms with van der Waals surface area (Å²) < 4.78 is 0. The molecule has 0 aromatic carbocycles. The summed E-state index contributed by atoms with van der Waals surface area (Å²) in [5.41, 5.74) is -0.445. The summed E-state index contributed by atoms with van der Waals surface area (Å²) in [6, 6.07) is 0. The first-order valence-electron chi connectivity index (χ1n) is 2.93. The second-order valence-electron chi connectivity index (χ2n) is 2.03. The minimum atomic E-state index is -0.547. The number of nitrogens with zero attached hydrogens (tertiary/aromatic N) is 1. The number of nitrogens with one attached hydrogen (secondary N) is 3. The molecule has 2 aromatic heterocycles. The summed E-state index contributed by atoms with van der Waals surface area (Å²) in [4.78, 5) is 32.3. The van der Waals surface area contributed by atoms with Gasteiger partial charge in [-0.15, -0.1) is 0 Å². The monoisotopic (exact) mass is 168 g/mol. The standard InChI is InChI=1S/C5H4N4O2.CH4/c10-4-2-3(7-1-6-2)8-5(11)9-4;/h1H,(H3,6,7,8,9,10,11);1H4. The molecule has 0 unspecified atom stereocenters. The van der Waals surface area contributed by atoms with E-state index in [0.29, 0.717) is 0 Å². The van der Waals surface area contributed by atoms with Crippen molar-refractivity contribution in [2.24, 2.45) is 0 Å². The van der Waals surface area contributed by atoms with Gasteiger partial charge in [-0.2, -0.15) is 0 Å². The molecule has 0 amide bonds. The van der Waals surface area contributed by atoms with Gasteiger partial charge >= 0.3 is 5.69 Å². The van der Waals surface area contributed by atoms with Crippen LogP contribution >= 0.6 is 0 Å². The predicted molar refractivity (Wildman–Crippen MR) is 44.1 cm³/mol. The third-order valence-electron chi connectivity index (χ3n) is 1.33. The zero-order valence-corrected chi connectivity index (χ0v) is 5.34. The molecule has 0 aliphatic heterocycles. The summed E-state index contributed by atoms with van der Waals surface area (Å²) in [5, 5.41) is 0. The molecule has 6 heteroatoms. The minimum absolute atomic E-state index is 0. The molecule has 64 valence electrons. The molecule has 2 rings (SSSR count). The molecule has 0 saturated carbocycles. The molecule has 12 heavy (non-hydrogen) atoms. The number of H-pyrrole nitrogens is 3. The molecule has 0 aliphatic carbocycles. The molecule has 0 fully saturated rings. The van der Waals surface area contributed by atoms with Gasteiger partial charge in [-0.3, -0.25) is 14.8 Å². The Hall–Kier alpha value is -1.85. The van der Waals surface area contributed by atoms with Crippen LogP contribution in [0.15, 0.2) is 15.9 Å². The van der Waals surface area contributed by atoms with Crippen LogP contribution in [0.4, 0.5) is 0 Å². The molecular formula is C6H8N4O2. The Labute approximate surface area is 66.7 Å². The summed E-state index contributed by atoms with van der Waals surface area (Å²) >= 11 is 0. The van der Waals surface area contributed by atoms with Crippen molar-refractivity contribution in [3.8, 4) is 0 Å². The van der Waals surface area contributed by atoms with Crippen LogP contribution in [0, 0.1) is 0 Å². The zero-order valence-electron chi connectivity index (χ0n) is 5.34. The largest absolute Gasteiger partial charge is 0.339 e. The van der Waals surface area contributed by atoms with E-state index in [4.69, 9.17) is 0 Å². The van der Waals surface area contributed by atoms with Crippen LogP contribution in [0.1, 0.15) is 7.43 Å². The maximum absolute atomic E-state index is 10.9. The first-order chi connectivity index (χ1) is 5.27. The lowest BCUT2D eigenvalue weighted by Crippen LogP contribution is -2.21. The molecule has 0 atom stereocenters. The van der Waals surface area contributed by atoms with Crippen LogP contribution in [-0.2, 0) is 0 Å². The number of aromatic nitrogens is 4. The number of hydrogen-bond acceptors (Lipinski definition) is 3. The van der Waals surface area contributed by atoms with Gasteiger partial charge in [-0.1, -0.05) is 7.43 Å². The van der Waals surface area contributed by atoms with Crippen LogP contribution in [0.25, 0.3) is 11.2 Å². The van der Waals surface area contributed by atoms with Crippen LogP contribution in [0.2, 0.25) is 0 Å². The minimum Gasteiger partial charge on any atom is -0.339 e. The van der Waals surface area contributed by atoms with Gasteiger partial charge < -0.3 is 4.98 Å². The van der Waals surface area contributed by atoms with Crippen molar-refractivity contribution >= 4 is 11.2 Å². The van der Waals surface area contributed by atoms with Gasteiger partial charge in [0, 0.05) is 0 Å². The van der Waals surface area contributed by atoms with Crippen molar-refractivity contribution in [2.45, 2.75) is 7.43 Å². The van der Waals surface area contributed by atoms with E-state index in [-0.39, 0.29) is 18.6 Å². The molecule has 2 heterocycles. The molecule has 0 saturated heterocycles. The molecule has 6 nitrogen and oxygen atoms in total. The summed E-state index contributed by atoms with van der Waals surface area (Å²) in [6.07, 6.45) is 1.34. The Morgan fingerprint density at radius 1 is 1.25 bits per heavy atom. The van der Waals surface area contributed by atoms with Crippen LogP contribution in [0.3, 0.4) is 0 Å². The summed E-state index contributed by atoms with van der Waals surface area (Å²) in [5.74, 6) is 0. The second-order valence-corrected chi connectivity index (χ2v) is 2.03. The number of rotatable bonds is 0. The van der Waals surface area contributed by atoms with Crippen molar-refractivity contribution in [1.29, 1.82) is 0 Å². The predicted octanol–water partition coefficient (Wildman–Crippen LogP) is -0.424. The van der Waals surface area contributed by atoms with Crippen molar-refractivity contribution in [1.82, 2.24) is 19.9 Å². The van der Waals surface area contributed by atoms with E-state index in [0.717, 1.165) is 0 Å². The first kappa shape index (κ1) is 8.25. The lowest BCUT2D eigenvalue weighted by atomic mass is 10.5. The maximum Gasteiger partial charge on any atom is 0.327 e. The van der Waals surface area contributed by atoms with E-state index in [2.05, 4.69) is 19.9 Å². The quantitative estimate of drug-likeness (QED) is 0.498. The summed E-state index contributed by atoms with van der Waals surface area (Å²) in [6.45, 7) is 0. The molecule has 0 bridgehead atoms. The molecule has 0 radical (unpaired) electrons. The normalized spacial score (nSPS) is 9.67. The first-order valence-corrected chi connectivity index (χ1v) is 2.93. The van der Waals surface area contributed by atoms with Gasteiger partial charge in [0.15, 0.2) is 5.65 Å². The number of imidazole rings is 1. The van der Waals surface area contributed by atoms with Crippen molar-refractivity contribution in [3.63, 3.8) is 0 Å². The van der Waals surface area contributed by atoms with Gasteiger partial charge in [-0.05, 0) is 0 Å². The fraction of sp³-hybridized carbons (Fsp3) is 0.167. The van der Waals surface area contributed by atoms with E-state index in [1.54, 1.807) is 0 Å². The summed E-state index contributed by atoms with van der Waals surface area (Å²) in [7, 11) is 0. The fourth-order valence-electron chi connectivity index (χ4n) is 0.867. The topological polar surface area (TPSA) is 94.4 Å². The SMILES string of the molecule is C.O=c1[nH]c(=O)c2[nH]cnc2[nH]1. The lowest BCUT2D eigenvalue weighted by Gasteiger charge is -1.83. The van der Waals surface area contributed by atoms with Gasteiger partial charge in [0.25, 0.3) is 5.56 Å². The van der Waals surface area contributed by atoms with E-state index in [9.17, 15) is 9.59 Å². The Bertz CT molecular complexity index is 492.